The average molecular weight is 239 g/mol. The first-order chi connectivity index (χ1) is 8.31. The molecule has 0 aliphatic heterocycles. The van der Waals surface area contributed by atoms with Gasteiger partial charge in [0, 0.05) is 12.6 Å². The van der Waals surface area contributed by atoms with E-state index < -0.39 is 0 Å². The van der Waals surface area contributed by atoms with Crippen molar-refractivity contribution in [2.45, 2.75) is 70.9 Å². The van der Waals surface area contributed by atoms with Crippen LogP contribution in [-0.4, -0.2) is 25.3 Å². The Morgan fingerprint density at radius 1 is 1.12 bits per heavy atom. The molecule has 0 amide bonds. The summed E-state index contributed by atoms with van der Waals surface area (Å²) in [6.07, 6.45) is 10.2. The molecular weight excluding hydrogens is 210 g/mol. The zero-order valence-electron chi connectivity index (χ0n) is 11.6. The van der Waals surface area contributed by atoms with Gasteiger partial charge in [0.25, 0.3) is 0 Å². The molecule has 0 aromatic rings. The minimum absolute atomic E-state index is 0.581. The number of hydrogen-bond donors (Lipinski definition) is 1. The van der Waals surface area contributed by atoms with Gasteiger partial charge in [0.05, 0.1) is 6.10 Å². The van der Waals surface area contributed by atoms with E-state index in [9.17, 15) is 0 Å². The van der Waals surface area contributed by atoms with Crippen LogP contribution >= 0.6 is 0 Å². The van der Waals surface area contributed by atoms with Crippen molar-refractivity contribution in [1.82, 2.24) is 5.32 Å². The van der Waals surface area contributed by atoms with E-state index >= 15 is 0 Å². The third kappa shape index (κ3) is 4.59. The quantitative estimate of drug-likeness (QED) is 0.666. The fourth-order valence-corrected chi connectivity index (χ4v) is 3.01. The Kier molecular flexibility index (Phi) is 5.30. The summed E-state index contributed by atoms with van der Waals surface area (Å²) in [5.74, 6) is 1.98. The maximum Gasteiger partial charge on any atom is 0.0580 e. The van der Waals surface area contributed by atoms with Crippen LogP contribution in [0.25, 0.3) is 0 Å². The maximum absolute atomic E-state index is 5.64. The molecule has 0 aromatic carbocycles. The first-order valence-corrected chi connectivity index (χ1v) is 7.66. The van der Waals surface area contributed by atoms with Gasteiger partial charge in [0.2, 0.25) is 0 Å². The zero-order chi connectivity index (χ0) is 12.1. The normalized spacial score (nSPS) is 30.0. The number of hydrogen-bond acceptors (Lipinski definition) is 2. The topological polar surface area (TPSA) is 21.3 Å². The highest BCUT2D eigenvalue weighted by Crippen LogP contribution is 2.38. The van der Waals surface area contributed by atoms with Crippen molar-refractivity contribution in [3.8, 4) is 0 Å². The third-order valence-electron chi connectivity index (χ3n) is 4.21. The molecule has 0 aromatic heterocycles. The van der Waals surface area contributed by atoms with Gasteiger partial charge in [-0.05, 0) is 57.4 Å². The lowest BCUT2D eigenvalue weighted by atomic mass is 9.77. The number of nitrogens with one attached hydrogen (secondary N) is 1. The van der Waals surface area contributed by atoms with Crippen LogP contribution in [-0.2, 0) is 4.74 Å². The Bertz CT molecular complexity index is 209. The molecule has 2 aliphatic rings. The highest BCUT2D eigenvalue weighted by molar-refractivity contribution is 4.87. The molecule has 1 N–H and O–H groups in total. The van der Waals surface area contributed by atoms with Crippen LogP contribution in [0.4, 0.5) is 0 Å². The highest BCUT2D eigenvalue weighted by Gasteiger charge is 2.33. The summed E-state index contributed by atoms with van der Waals surface area (Å²) in [4.78, 5) is 0. The van der Waals surface area contributed by atoms with Gasteiger partial charge in [-0.3, -0.25) is 0 Å². The van der Waals surface area contributed by atoms with E-state index in [1.807, 2.05) is 0 Å². The summed E-state index contributed by atoms with van der Waals surface area (Å²) in [5.41, 5.74) is 0. The minimum Gasteiger partial charge on any atom is -0.378 e. The molecule has 2 fully saturated rings. The van der Waals surface area contributed by atoms with E-state index in [0.29, 0.717) is 6.10 Å². The van der Waals surface area contributed by atoms with Gasteiger partial charge < -0.3 is 10.1 Å². The van der Waals surface area contributed by atoms with Crippen LogP contribution in [0.1, 0.15) is 58.8 Å². The molecule has 100 valence electrons. The van der Waals surface area contributed by atoms with Gasteiger partial charge in [0.15, 0.2) is 0 Å². The molecule has 2 saturated carbocycles. The Morgan fingerprint density at radius 2 is 1.82 bits per heavy atom. The third-order valence-corrected chi connectivity index (χ3v) is 4.21. The fraction of sp³-hybridized carbons (Fsp3) is 1.00. The number of ether oxygens (including phenoxy) is 1. The second-order valence-corrected chi connectivity index (χ2v) is 5.98. The molecule has 0 radical (unpaired) electrons. The predicted molar refractivity (Wildman–Crippen MR) is 72.2 cm³/mol. The van der Waals surface area contributed by atoms with Crippen molar-refractivity contribution < 1.29 is 4.74 Å². The smallest absolute Gasteiger partial charge is 0.0580 e. The van der Waals surface area contributed by atoms with Crippen LogP contribution in [0.3, 0.4) is 0 Å². The minimum atomic E-state index is 0.581. The van der Waals surface area contributed by atoms with Crippen molar-refractivity contribution in [2.24, 2.45) is 11.8 Å². The molecular formula is C15H29NO. The van der Waals surface area contributed by atoms with Crippen molar-refractivity contribution in [3.63, 3.8) is 0 Å². The molecule has 0 heterocycles. The molecule has 0 spiro atoms. The molecule has 2 nitrogen and oxygen atoms in total. The monoisotopic (exact) mass is 239 g/mol. The first-order valence-electron chi connectivity index (χ1n) is 7.66. The van der Waals surface area contributed by atoms with E-state index in [1.165, 1.54) is 51.5 Å². The lowest BCUT2D eigenvalue weighted by Crippen LogP contribution is -2.38. The van der Waals surface area contributed by atoms with Crippen LogP contribution in [0, 0.1) is 11.8 Å². The zero-order valence-corrected chi connectivity index (χ0v) is 11.6. The first kappa shape index (κ1) is 13.4. The Labute approximate surface area is 107 Å². The molecule has 2 aliphatic carbocycles. The van der Waals surface area contributed by atoms with Crippen LogP contribution in [0.2, 0.25) is 0 Å². The van der Waals surface area contributed by atoms with Gasteiger partial charge in [-0.2, -0.15) is 0 Å². The van der Waals surface area contributed by atoms with E-state index in [-0.39, 0.29) is 0 Å². The standard InChI is InChI=1S/C15H29NO/c1-3-7-16-14(8-12-5-6-12)9-13-10-15(11-13)17-4-2/h12-16H,3-11H2,1-2H3. The van der Waals surface area contributed by atoms with Gasteiger partial charge >= 0.3 is 0 Å². The summed E-state index contributed by atoms with van der Waals surface area (Å²) in [6.45, 7) is 6.44. The van der Waals surface area contributed by atoms with Gasteiger partial charge in [-0.15, -0.1) is 0 Å². The van der Waals surface area contributed by atoms with E-state index in [0.717, 1.165) is 24.5 Å². The van der Waals surface area contributed by atoms with Crippen molar-refractivity contribution in [3.05, 3.63) is 0 Å². The lowest BCUT2D eigenvalue weighted by Gasteiger charge is -2.37. The van der Waals surface area contributed by atoms with Crippen LogP contribution < -0.4 is 5.32 Å². The van der Waals surface area contributed by atoms with Crippen LogP contribution in [0.15, 0.2) is 0 Å². The summed E-state index contributed by atoms with van der Waals surface area (Å²) >= 11 is 0. The summed E-state index contributed by atoms with van der Waals surface area (Å²) in [5, 5.41) is 3.75. The van der Waals surface area contributed by atoms with Crippen LogP contribution in [0.5, 0.6) is 0 Å². The second-order valence-electron chi connectivity index (χ2n) is 5.98. The second kappa shape index (κ2) is 6.75. The maximum atomic E-state index is 5.64. The Hall–Kier alpha value is -0.0800. The van der Waals surface area contributed by atoms with Gasteiger partial charge in [0.1, 0.15) is 0 Å². The molecule has 2 rings (SSSR count). The predicted octanol–water partition coefficient (Wildman–Crippen LogP) is 3.36. The lowest BCUT2D eigenvalue weighted by molar-refractivity contribution is -0.0293. The summed E-state index contributed by atoms with van der Waals surface area (Å²) in [7, 11) is 0. The Morgan fingerprint density at radius 3 is 2.41 bits per heavy atom. The van der Waals surface area contributed by atoms with Crippen molar-refractivity contribution in [1.29, 1.82) is 0 Å². The van der Waals surface area contributed by atoms with Crippen molar-refractivity contribution in [2.75, 3.05) is 13.2 Å². The SMILES string of the molecule is CCCNC(CC1CC1)CC1CC(OCC)C1. The van der Waals surface area contributed by atoms with E-state index in [2.05, 4.69) is 19.2 Å². The molecule has 0 bridgehead atoms. The highest BCUT2D eigenvalue weighted by atomic mass is 16.5. The molecule has 2 heteroatoms. The van der Waals surface area contributed by atoms with Gasteiger partial charge in [-0.25, -0.2) is 0 Å². The average Bonchev–Trinajstić information content (AvgIpc) is 3.06. The summed E-state index contributed by atoms with van der Waals surface area (Å²) in [6, 6.07) is 0.787. The fourth-order valence-electron chi connectivity index (χ4n) is 3.01. The van der Waals surface area contributed by atoms with E-state index in [1.54, 1.807) is 0 Å². The Balaban J connectivity index is 1.62. The van der Waals surface area contributed by atoms with Gasteiger partial charge in [-0.1, -0.05) is 19.8 Å². The molecule has 0 saturated heterocycles. The molecule has 17 heavy (non-hydrogen) atoms. The summed E-state index contributed by atoms with van der Waals surface area (Å²) < 4.78 is 5.64. The van der Waals surface area contributed by atoms with Crippen molar-refractivity contribution >= 4 is 0 Å². The molecule has 1 atom stereocenters. The van der Waals surface area contributed by atoms with E-state index in [4.69, 9.17) is 4.74 Å². The number of rotatable bonds is 9. The molecule has 1 unspecified atom stereocenters. The largest absolute Gasteiger partial charge is 0.378 e.